The Hall–Kier alpha value is -0.890. The van der Waals surface area contributed by atoms with Crippen LogP contribution in [-0.2, 0) is 6.42 Å². The number of hydrogen-bond donors (Lipinski definition) is 0. The second kappa shape index (κ2) is 5.72. The summed E-state index contributed by atoms with van der Waals surface area (Å²) in [4.78, 5) is 5.57. The van der Waals surface area contributed by atoms with Gasteiger partial charge in [0, 0.05) is 4.88 Å². The summed E-state index contributed by atoms with van der Waals surface area (Å²) in [6.45, 7) is 13.9. The monoisotopic (exact) mass is 181 g/mol. The predicted octanol–water partition coefficient (Wildman–Crippen LogP) is 3.46. The van der Waals surface area contributed by atoms with Crippen LogP contribution in [0.4, 0.5) is 0 Å². The van der Waals surface area contributed by atoms with Crippen LogP contribution in [0, 0.1) is 6.92 Å². The van der Waals surface area contributed by atoms with Gasteiger partial charge in [-0.15, -0.1) is 24.5 Å². The molecule has 12 heavy (non-hydrogen) atoms. The molecule has 0 amide bonds. The van der Waals surface area contributed by atoms with Crippen LogP contribution in [0.1, 0.15) is 22.5 Å². The van der Waals surface area contributed by atoms with E-state index >= 15 is 0 Å². The van der Waals surface area contributed by atoms with Gasteiger partial charge in [-0.05, 0) is 13.3 Å². The Morgan fingerprint density at radius 2 is 2.08 bits per heavy atom. The van der Waals surface area contributed by atoms with E-state index in [1.165, 1.54) is 10.6 Å². The number of aromatic nitrogens is 1. The standard InChI is InChI=1S/C8H11NS.C2H4/c1-4-7-8(5-2)10-6(3)9-7;1-2/h5H,2,4H2,1,3H3;1-2H2. The Balaban J connectivity index is 0.000000561. The lowest BCUT2D eigenvalue weighted by Crippen LogP contribution is -1.81. The minimum absolute atomic E-state index is 1.01. The molecule has 0 fully saturated rings. The molecule has 0 aliphatic rings. The molecule has 0 saturated heterocycles. The van der Waals surface area contributed by atoms with Crippen LogP contribution in [-0.4, -0.2) is 4.98 Å². The van der Waals surface area contributed by atoms with Crippen molar-refractivity contribution in [3.8, 4) is 0 Å². The maximum Gasteiger partial charge on any atom is 0.0903 e. The van der Waals surface area contributed by atoms with Gasteiger partial charge >= 0.3 is 0 Å². The van der Waals surface area contributed by atoms with Gasteiger partial charge in [0.1, 0.15) is 0 Å². The molecule has 1 aromatic heterocycles. The minimum Gasteiger partial charge on any atom is -0.246 e. The highest BCUT2D eigenvalue weighted by atomic mass is 32.1. The highest BCUT2D eigenvalue weighted by Gasteiger charge is 2.01. The van der Waals surface area contributed by atoms with Gasteiger partial charge in [-0.2, -0.15) is 0 Å². The van der Waals surface area contributed by atoms with E-state index in [-0.39, 0.29) is 0 Å². The molecule has 0 unspecified atom stereocenters. The van der Waals surface area contributed by atoms with E-state index in [2.05, 4.69) is 31.6 Å². The molecule has 0 saturated carbocycles. The molecule has 1 heterocycles. The normalized spacial score (nSPS) is 8.50. The summed E-state index contributed by atoms with van der Waals surface area (Å²) in [5, 5.41) is 1.13. The van der Waals surface area contributed by atoms with Crippen molar-refractivity contribution >= 4 is 17.4 Å². The highest BCUT2D eigenvalue weighted by molar-refractivity contribution is 7.12. The van der Waals surface area contributed by atoms with Crippen LogP contribution in [0.15, 0.2) is 19.7 Å². The summed E-state index contributed by atoms with van der Waals surface area (Å²) >= 11 is 1.71. The molecule has 1 aromatic rings. The van der Waals surface area contributed by atoms with Gasteiger partial charge in [0.15, 0.2) is 0 Å². The van der Waals surface area contributed by atoms with Crippen molar-refractivity contribution in [2.24, 2.45) is 0 Å². The lowest BCUT2D eigenvalue weighted by Gasteiger charge is -1.87. The Labute approximate surface area is 78.5 Å². The van der Waals surface area contributed by atoms with Crippen molar-refractivity contribution in [2.75, 3.05) is 0 Å². The first-order valence-corrected chi connectivity index (χ1v) is 4.68. The summed E-state index contributed by atoms with van der Waals surface area (Å²) in [5.41, 5.74) is 1.18. The summed E-state index contributed by atoms with van der Waals surface area (Å²) in [6, 6.07) is 0. The SMILES string of the molecule is C=C.C=Cc1sc(C)nc1CC. The Kier molecular flexibility index (Phi) is 5.30. The zero-order valence-corrected chi connectivity index (χ0v) is 8.58. The second-order valence-electron chi connectivity index (χ2n) is 2.10. The third kappa shape index (κ3) is 2.62. The zero-order valence-electron chi connectivity index (χ0n) is 7.76. The number of thiazole rings is 1. The molecule has 0 spiro atoms. The molecule has 0 aliphatic heterocycles. The van der Waals surface area contributed by atoms with E-state index in [1.54, 1.807) is 11.3 Å². The van der Waals surface area contributed by atoms with Crippen LogP contribution < -0.4 is 0 Å². The molecule has 0 N–H and O–H groups in total. The molecular weight excluding hydrogens is 166 g/mol. The van der Waals surface area contributed by atoms with Gasteiger partial charge < -0.3 is 0 Å². The Bertz CT molecular complexity index is 250. The zero-order chi connectivity index (χ0) is 9.56. The van der Waals surface area contributed by atoms with Gasteiger partial charge in [0.05, 0.1) is 10.7 Å². The van der Waals surface area contributed by atoms with E-state index < -0.39 is 0 Å². The molecule has 2 heteroatoms. The molecule has 66 valence electrons. The molecular formula is C10H15NS. The predicted molar refractivity (Wildman–Crippen MR) is 57.6 cm³/mol. The van der Waals surface area contributed by atoms with Gasteiger partial charge in [-0.1, -0.05) is 19.6 Å². The largest absolute Gasteiger partial charge is 0.246 e. The van der Waals surface area contributed by atoms with Crippen LogP contribution in [0.3, 0.4) is 0 Å². The van der Waals surface area contributed by atoms with E-state index in [9.17, 15) is 0 Å². The van der Waals surface area contributed by atoms with E-state index in [0.717, 1.165) is 11.4 Å². The smallest absolute Gasteiger partial charge is 0.0903 e. The average Bonchev–Trinajstić information content (AvgIpc) is 2.49. The van der Waals surface area contributed by atoms with Crippen molar-refractivity contribution in [1.29, 1.82) is 0 Å². The van der Waals surface area contributed by atoms with Crippen LogP contribution in [0.2, 0.25) is 0 Å². The maximum absolute atomic E-state index is 4.35. The second-order valence-corrected chi connectivity index (χ2v) is 3.34. The topological polar surface area (TPSA) is 12.9 Å². The summed E-state index contributed by atoms with van der Waals surface area (Å²) < 4.78 is 0. The first kappa shape index (κ1) is 11.1. The van der Waals surface area contributed by atoms with Crippen LogP contribution in [0.25, 0.3) is 6.08 Å². The minimum atomic E-state index is 1.01. The van der Waals surface area contributed by atoms with Crippen molar-refractivity contribution in [1.82, 2.24) is 4.98 Å². The van der Waals surface area contributed by atoms with Crippen molar-refractivity contribution in [3.05, 3.63) is 35.3 Å². The highest BCUT2D eigenvalue weighted by Crippen LogP contribution is 2.18. The number of aryl methyl sites for hydroxylation is 2. The third-order valence-electron chi connectivity index (χ3n) is 1.35. The fourth-order valence-electron chi connectivity index (χ4n) is 0.899. The summed E-state index contributed by atoms with van der Waals surface area (Å²) in [7, 11) is 0. The van der Waals surface area contributed by atoms with Gasteiger partial charge in [-0.25, -0.2) is 4.98 Å². The molecule has 0 aromatic carbocycles. The summed E-state index contributed by atoms with van der Waals surface area (Å²) in [5.74, 6) is 0. The quantitative estimate of drug-likeness (QED) is 0.637. The van der Waals surface area contributed by atoms with Crippen LogP contribution >= 0.6 is 11.3 Å². The van der Waals surface area contributed by atoms with Crippen LogP contribution in [0.5, 0.6) is 0 Å². The van der Waals surface area contributed by atoms with Crippen molar-refractivity contribution in [3.63, 3.8) is 0 Å². The molecule has 0 atom stereocenters. The van der Waals surface area contributed by atoms with E-state index in [0.29, 0.717) is 0 Å². The number of rotatable bonds is 2. The number of hydrogen-bond acceptors (Lipinski definition) is 2. The molecule has 1 nitrogen and oxygen atoms in total. The molecule has 0 radical (unpaired) electrons. The first-order chi connectivity index (χ1) is 5.77. The summed E-state index contributed by atoms with van der Waals surface area (Å²) in [6.07, 6.45) is 2.88. The van der Waals surface area contributed by atoms with E-state index in [4.69, 9.17) is 0 Å². The van der Waals surface area contributed by atoms with Gasteiger partial charge in [0.25, 0.3) is 0 Å². The van der Waals surface area contributed by atoms with Gasteiger partial charge in [-0.3, -0.25) is 0 Å². The third-order valence-corrected chi connectivity index (χ3v) is 2.36. The lowest BCUT2D eigenvalue weighted by molar-refractivity contribution is 1.04. The maximum atomic E-state index is 4.35. The van der Waals surface area contributed by atoms with Crippen molar-refractivity contribution in [2.45, 2.75) is 20.3 Å². The fraction of sp³-hybridized carbons (Fsp3) is 0.300. The first-order valence-electron chi connectivity index (χ1n) is 3.86. The lowest BCUT2D eigenvalue weighted by atomic mass is 10.3. The Morgan fingerprint density at radius 1 is 1.50 bits per heavy atom. The Morgan fingerprint density at radius 3 is 2.42 bits per heavy atom. The fourth-order valence-corrected chi connectivity index (χ4v) is 1.76. The number of nitrogens with zero attached hydrogens (tertiary/aromatic N) is 1. The molecule has 0 aliphatic carbocycles. The van der Waals surface area contributed by atoms with Gasteiger partial charge in [0.2, 0.25) is 0 Å². The molecule has 0 bridgehead atoms. The molecule has 1 rings (SSSR count). The van der Waals surface area contributed by atoms with Crippen molar-refractivity contribution < 1.29 is 0 Å². The average molecular weight is 181 g/mol. The van der Waals surface area contributed by atoms with E-state index in [1.807, 2.05) is 13.0 Å².